The minimum atomic E-state index is -0.587. The molecule has 0 spiro atoms. The molecule has 3 heterocycles. The fraction of sp³-hybridized carbons (Fsp3) is 0.286. The number of nitrogens with zero attached hydrogens (tertiary/aromatic N) is 4. The summed E-state index contributed by atoms with van der Waals surface area (Å²) in [5.74, 6) is -0.0265. The summed E-state index contributed by atoms with van der Waals surface area (Å²) in [7, 11) is 0. The SMILES string of the molecule is CC(C)CC(=O)N1Cc2ccccc2CC1C(=O)Nc1cccc(Cn2nc3ccccn3c2=O)c1. The van der Waals surface area contributed by atoms with Gasteiger partial charge in [-0.25, -0.2) is 9.48 Å². The van der Waals surface area contributed by atoms with Crippen LogP contribution in [0.2, 0.25) is 0 Å². The number of carbonyl (C=O) groups excluding carboxylic acids is 2. The van der Waals surface area contributed by atoms with Crippen molar-refractivity contribution >= 4 is 23.1 Å². The van der Waals surface area contributed by atoms with E-state index in [4.69, 9.17) is 0 Å². The Balaban J connectivity index is 1.36. The number of anilines is 1. The number of pyridine rings is 1. The summed E-state index contributed by atoms with van der Waals surface area (Å²) in [5, 5.41) is 7.38. The summed E-state index contributed by atoms with van der Waals surface area (Å²) in [4.78, 5) is 40.8. The summed E-state index contributed by atoms with van der Waals surface area (Å²) >= 11 is 0. The van der Waals surface area contributed by atoms with Crippen LogP contribution in [-0.2, 0) is 29.1 Å². The molecule has 1 aliphatic heterocycles. The van der Waals surface area contributed by atoms with Gasteiger partial charge in [-0.3, -0.25) is 14.0 Å². The molecule has 5 rings (SSSR count). The van der Waals surface area contributed by atoms with Crippen LogP contribution in [0.4, 0.5) is 5.69 Å². The predicted octanol–water partition coefficient (Wildman–Crippen LogP) is 3.48. The lowest BCUT2D eigenvalue weighted by atomic mass is 9.92. The van der Waals surface area contributed by atoms with E-state index in [0.717, 1.165) is 16.7 Å². The normalized spacial score (nSPS) is 15.2. The maximum absolute atomic E-state index is 13.4. The predicted molar refractivity (Wildman–Crippen MR) is 138 cm³/mol. The Labute approximate surface area is 209 Å². The average Bonchev–Trinajstić information content (AvgIpc) is 3.18. The minimum Gasteiger partial charge on any atom is -0.326 e. The van der Waals surface area contributed by atoms with Crippen LogP contribution in [0.3, 0.4) is 0 Å². The van der Waals surface area contributed by atoms with Gasteiger partial charge in [0.1, 0.15) is 6.04 Å². The monoisotopic (exact) mass is 483 g/mol. The van der Waals surface area contributed by atoms with Gasteiger partial charge in [0, 0.05) is 31.3 Å². The molecule has 1 aliphatic rings. The van der Waals surface area contributed by atoms with E-state index in [9.17, 15) is 14.4 Å². The van der Waals surface area contributed by atoms with Crippen molar-refractivity contribution < 1.29 is 9.59 Å². The van der Waals surface area contributed by atoms with Crippen LogP contribution in [-0.4, -0.2) is 36.9 Å². The van der Waals surface area contributed by atoms with Crippen LogP contribution in [0.5, 0.6) is 0 Å². The molecular formula is C28H29N5O3. The molecule has 8 nitrogen and oxygen atoms in total. The number of hydrogen-bond donors (Lipinski definition) is 1. The van der Waals surface area contributed by atoms with Gasteiger partial charge in [0.25, 0.3) is 0 Å². The Bertz CT molecular complexity index is 1490. The molecule has 1 unspecified atom stereocenters. The Hall–Kier alpha value is -4.20. The van der Waals surface area contributed by atoms with Gasteiger partial charge in [-0.1, -0.05) is 56.3 Å². The number of aromatic nitrogens is 3. The Morgan fingerprint density at radius 2 is 1.81 bits per heavy atom. The van der Waals surface area contributed by atoms with Crippen molar-refractivity contribution in [3.05, 3.63) is 100 Å². The maximum Gasteiger partial charge on any atom is 0.350 e. The van der Waals surface area contributed by atoms with Gasteiger partial charge in [-0.05, 0) is 46.9 Å². The van der Waals surface area contributed by atoms with E-state index >= 15 is 0 Å². The summed E-state index contributed by atoms with van der Waals surface area (Å²) in [6.07, 6.45) is 2.56. The summed E-state index contributed by atoms with van der Waals surface area (Å²) in [6, 6.07) is 20.2. The zero-order chi connectivity index (χ0) is 25.2. The average molecular weight is 484 g/mol. The van der Waals surface area contributed by atoms with Crippen molar-refractivity contribution in [1.82, 2.24) is 19.1 Å². The minimum absolute atomic E-state index is 0.0142. The molecule has 36 heavy (non-hydrogen) atoms. The van der Waals surface area contributed by atoms with Crippen molar-refractivity contribution in [1.29, 1.82) is 0 Å². The van der Waals surface area contributed by atoms with Gasteiger partial charge >= 0.3 is 5.69 Å². The third kappa shape index (κ3) is 4.79. The lowest BCUT2D eigenvalue weighted by molar-refractivity contribution is -0.140. The van der Waals surface area contributed by atoms with Gasteiger partial charge in [-0.2, -0.15) is 0 Å². The Morgan fingerprint density at radius 3 is 2.58 bits per heavy atom. The molecule has 0 aliphatic carbocycles. The number of carbonyl (C=O) groups is 2. The smallest absolute Gasteiger partial charge is 0.326 e. The van der Waals surface area contributed by atoms with Crippen LogP contribution in [0.25, 0.3) is 5.65 Å². The van der Waals surface area contributed by atoms with E-state index in [1.54, 1.807) is 23.2 Å². The third-order valence-electron chi connectivity index (χ3n) is 6.47. The first kappa shape index (κ1) is 23.5. The number of rotatable bonds is 6. The molecule has 0 fully saturated rings. The molecular weight excluding hydrogens is 454 g/mol. The van der Waals surface area contributed by atoms with Gasteiger partial charge in [0.15, 0.2) is 5.65 Å². The zero-order valence-corrected chi connectivity index (χ0v) is 20.4. The van der Waals surface area contributed by atoms with E-state index in [-0.39, 0.29) is 30.0 Å². The lowest BCUT2D eigenvalue weighted by Gasteiger charge is -2.36. The molecule has 2 amide bonds. The molecule has 0 saturated carbocycles. The van der Waals surface area contributed by atoms with Crippen molar-refractivity contribution in [2.45, 2.75) is 45.8 Å². The quantitative estimate of drug-likeness (QED) is 0.455. The highest BCUT2D eigenvalue weighted by Gasteiger charge is 2.34. The van der Waals surface area contributed by atoms with E-state index < -0.39 is 6.04 Å². The molecule has 2 aromatic carbocycles. The van der Waals surface area contributed by atoms with E-state index in [0.29, 0.717) is 30.7 Å². The standard InChI is InChI=1S/C28H29N5O3/c1-19(2)14-26(34)32-18-22-10-4-3-9-21(22)16-24(32)27(35)29-23-11-7-8-20(15-23)17-33-28(36)31-13-6-5-12-25(31)30-33/h3-13,15,19,24H,14,16-18H2,1-2H3,(H,29,35). The summed E-state index contributed by atoms with van der Waals surface area (Å²) < 4.78 is 2.90. The van der Waals surface area contributed by atoms with Crippen molar-refractivity contribution in [2.75, 3.05) is 5.32 Å². The second-order valence-electron chi connectivity index (χ2n) is 9.67. The van der Waals surface area contributed by atoms with Crippen LogP contribution >= 0.6 is 0 Å². The van der Waals surface area contributed by atoms with Gasteiger partial charge < -0.3 is 10.2 Å². The zero-order valence-electron chi connectivity index (χ0n) is 20.4. The third-order valence-corrected chi connectivity index (χ3v) is 6.47. The fourth-order valence-electron chi connectivity index (χ4n) is 4.70. The fourth-order valence-corrected chi connectivity index (χ4v) is 4.70. The van der Waals surface area contributed by atoms with Gasteiger partial charge in [0.05, 0.1) is 6.54 Å². The topological polar surface area (TPSA) is 88.7 Å². The first-order chi connectivity index (χ1) is 17.4. The molecule has 0 saturated heterocycles. The number of benzene rings is 2. The second-order valence-corrected chi connectivity index (χ2v) is 9.67. The molecule has 4 aromatic rings. The highest BCUT2D eigenvalue weighted by molar-refractivity contribution is 5.97. The van der Waals surface area contributed by atoms with Crippen molar-refractivity contribution in [3.63, 3.8) is 0 Å². The maximum atomic E-state index is 13.4. The highest BCUT2D eigenvalue weighted by Crippen LogP contribution is 2.26. The van der Waals surface area contributed by atoms with Gasteiger partial charge in [-0.15, -0.1) is 5.10 Å². The van der Waals surface area contributed by atoms with Crippen LogP contribution < -0.4 is 11.0 Å². The number of fused-ring (bicyclic) bond motifs is 2. The van der Waals surface area contributed by atoms with Crippen LogP contribution in [0, 0.1) is 5.92 Å². The number of nitrogens with one attached hydrogen (secondary N) is 1. The van der Waals surface area contributed by atoms with E-state index in [1.165, 1.54) is 9.08 Å². The molecule has 2 aromatic heterocycles. The Morgan fingerprint density at radius 1 is 1.03 bits per heavy atom. The number of amides is 2. The number of hydrogen-bond acceptors (Lipinski definition) is 4. The summed E-state index contributed by atoms with van der Waals surface area (Å²) in [5.41, 5.74) is 3.98. The van der Waals surface area contributed by atoms with Crippen molar-refractivity contribution in [2.24, 2.45) is 5.92 Å². The molecule has 184 valence electrons. The van der Waals surface area contributed by atoms with Crippen LogP contribution in [0.15, 0.2) is 77.7 Å². The largest absolute Gasteiger partial charge is 0.350 e. The van der Waals surface area contributed by atoms with Crippen molar-refractivity contribution in [3.8, 4) is 0 Å². The highest BCUT2D eigenvalue weighted by atomic mass is 16.2. The summed E-state index contributed by atoms with van der Waals surface area (Å²) in [6.45, 7) is 4.71. The molecule has 8 heteroatoms. The molecule has 0 radical (unpaired) electrons. The molecule has 1 atom stereocenters. The molecule has 0 bridgehead atoms. The first-order valence-corrected chi connectivity index (χ1v) is 12.2. The Kier molecular flexibility index (Phi) is 6.41. The van der Waals surface area contributed by atoms with E-state index in [2.05, 4.69) is 10.4 Å². The molecule has 1 N–H and O–H groups in total. The van der Waals surface area contributed by atoms with Gasteiger partial charge in [0.2, 0.25) is 11.8 Å². The second kappa shape index (κ2) is 9.81. The van der Waals surface area contributed by atoms with E-state index in [1.807, 2.05) is 68.4 Å². The van der Waals surface area contributed by atoms with Crippen LogP contribution in [0.1, 0.15) is 37.0 Å². The lowest BCUT2D eigenvalue weighted by Crippen LogP contribution is -2.50. The first-order valence-electron chi connectivity index (χ1n) is 12.2.